The third kappa shape index (κ3) is 8.81. The molecule has 15 heavy (non-hydrogen) atoms. The molecule has 0 spiro atoms. The molecule has 1 rings (SSSR count). The zero-order valence-corrected chi connectivity index (χ0v) is 9.78. The van der Waals surface area contributed by atoms with Gasteiger partial charge in [-0.15, -0.1) is 0 Å². The molecule has 0 saturated carbocycles. The average molecular weight is 209 g/mol. The first kappa shape index (κ1) is 13.5. The van der Waals surface area contributed by atoms with Crippen LogP contribution in [0.25, 0.3) is 0 Å². The second kappa shape index (κ2) is 6.06. The molecule has 1 aromatic rings. The summed E-state index contributed by atoms with van der Waals surface area (Å²) in [6, 6.07) is 7.79. The fourth-order valence-electron chi connectivity index (χ4n) is 0.711. The number of nitrogens with two attached hydrogens (primary N) is 1. The summed E-state index contributed by atoms with van der Waals surface area (Å²) in [6.07, 6.45) is 0. The van der Waals surface area contributed by atoms with Crippen LogP contribution in [0.5, 0.6) is 0 Å². The summed E-state index contributed by atoms with van der Waals surface area (Å²) in [5.74, 6) is 0. The summed E-state index contributed by atoms with van der Waals surface area (Å²) >= 11 is 0. The molecule has 3 nitrogen and oxygen atoms in total. The van der Waals surface area contributed by atoms with Crippen LogP contribution in [0.4, 0.5) is 5.69 Å². The van der Waals surface area contributed by atoms with Gasteiger partial charge in [0.1, 0.15) is 5.60 Å². The van der Waals surface area contributed by atoms with E-state index < -0.39 is 0 Å². The van der Waals surface area contributed by atoms with E-state index in [1.54, 1.807) is 0 Å². The predicted molar refractivity (Wildman–Crippen MR) is 62.5 cm³/mol. The number of ether oxygens (including phenoxy) is 1. The first-order valence-corrected chi connectivity index (χ1v) is 4.79. The monoisotopic (exact) mass is 209 g/mol. The molecule has 84 valence electrons. The minimum absolute atomic E-state index is 0.318. The van der Waals surface area contributed by atoms with E-state index in [2.05, 4.69) is 4.74 Å². The lowest BCUT2D eigenvalue weighted by Gasteiger charge is -2.14. The van der Waals surface area contributed by atoms with Crippen molar-refractivity contribution < 1.29 is 9.53 Å². The second-order valence-corrected chi connectivity index (χ2v) is 4.24. The smallest absolute Gasteiger partial charge is 0.293 e. The number of benzene rings is 1. The Balaban J connectivity index is 0.000000265. The van der Waals surface area contributed by atoms with Crippen LogP contribution in [-0.4, -0.2) is 12.1 Å². The number of anilines is 1. The van der Waals surface area contributed by atoms with Gasteiger partial charge >= 0.3 is 0 Å². The zero-order chi connectivity index (χ0) is 11.9. The van der Waals surface area contributed by atoms with Crippen molar-refractivity contribution in [3.8, 4) is 0 Å². The Morgan fingerprint density at radius 1 is 1.20 bits per heavy atom. The fraction of sp³-hybridized carbons (Fsp3) is 0.417. The molecule has 0 unspecified atom stereocenters. The van der Waals surface area contributed by atoms with Crippen LogP contribution < -0.4 is 5.73 Å². The van der Waals surface area contributed by atoms with Crippen LogP contribution in [0.3, 0.4) is 0 Å². The molecule has 1 aromatic carbocycles. The SMILES string of the molecule is CC(C)(C)OC=O.Cc1ccc(N)cc1. The third-order valence-electron chi connectivity index (χ3n) is 1.48. The van der Waals surface area contributed by atoms with Crippen molar-refractivity contribution in [3.63, 3.8) is 0 Å². The zero-order valence-electron chi connectivity index (χ0n) is 9.78. The maximum absolute atomic E-state index is 9.60. The van der Waals surface area contributed by atoms with E-state index >= 15 is 0 Å². The Hall–Kier alpha value is -1.51. The van der Waals surface area contributed by atoms with E-state index in [9.17, 15) is 4.79 Å². The molecule has 0 aliphatic heterocycles. The Morgan fingerprint density at radius 3 is 1.87 bits per heavy atom. The van der Waals surface area contributed by atoms with Gasteiger partial charge in [0.25, 0.3) is 6.47 Å². The third-order valence-corrected chi connectivity index (χ3v) is 1.48. The Bertz CT molecular complexity index is 264. The molecule has 0 aliphatic carbocycles. The molecular formula is C12H19NO2. The Labute approximate surface area is 91.2 Å². The van der Waals surface area contributed by atoms with Crippen LogP contribution >= 0.6 is 0 Å². The lowest BCUT2D eigenvalue weighted by molar-refractivity contribution is -0.138. The molecule has 3 heteroatoms. The van der Waals surface area contributed by atoms with Crippen molar-refractivity contribution in [2.24, 2.45) is 0 Å². The van der Waals surface area contributed by atoms with Gasteiger partial charge in [-0.25, -0.2) is 0 Å². The number of carbonyl (C=O) groups is 1. The van der Waals surface area contributed by atoms with Gasteiger partial charge < -0.3 is 10.5 Å². The number of hydrogen-bond acceptors (Lipinski definition) is 3. The summed E-state index contributed by atoms with van der Waals surface area (Å²) in [4.78, 5) is 9.60. The molecule has 0 heterocycles. The largest absolute Gasteiger partial charge is 0.462 e. The van der Waals surface area contributed by atoms with Gasteiger partial charge in [0.2, 0.25) is 0 Å². The van der Waals surface area contributed by atoms with E-state index in [1.807, 2.05) is 52.0 Å². The average Bonchev–Trinajstić information content (AvgIpc) is 2.09. The van der Waals surface area contributed by atoms with Crippen LogP contribution in [0, 0.1) is 6.92 Å². The van der Waals surface area contributed by atoms with E-state index in [1.165, 1.54) is 5.56 Å². The van der Waals surface area contributed by atoms with E-state index in [0.29, 0.717) is 6.47 Å². The van der Waals surface area contributed by atoms with Gasteiger partial charge in [0.05, 0.1) is 0 Å². The number of aryl methyl sites for hydroxylation is 1. The van der Waals surface area contributed by atoms with Crippen LogP contribution in [0.1, 0.15) is 26.3 Å². The lowest BCUT2D eigenvalue weighted by atomic mass is 10.2. The van der Waals surface area contributed by atoms with Crippen LogP contribution in [0.15, 0.2) is 24.3 Å². The summed E-state index contributed by atoms with van der Waals surface area (Å²) in [5, 5.41) is 0. The quantitative estimate of drug-likeness (QED) is 0.571. The molecule has 0 bridgehead atoms. The number of carbonyl (C=O) groups excluding carboxylic acids is 1. The minimum Gasteiger partial charge on any atom is -0.462 e. The molecule has 2 N–H and O–H groups in total. The highest BCUT2D eigenvalue weighted by atomic mass is 16.5. The Kier molecular flexibility index (Phi) is 5.45. The highest BCUT2D eigenvalue weighted by molar-refractivity contribution is 5.38. The minimum atomic E-state index is -0.318. The molecule has 0 radical (unpaired) electrons. The van der Waals surface area contributed by atoms with Gasteiger partial charge in [-0.1, -0.05) is 17.7 Å². The molecule has 0 atom stereocenters. The predicted octanol–water partition coefficient (Wildman–Crippen LogP) is 2.54. The van der Waals surface area contributed by atoms with Crippen molar-refractivity contribution in [1.29, 1.82) is 0 Å². The van der Waals surface area contributed by atoms with Gasteiger partial charge in [-0.3, -0.25) is 4.79 Å². The first-order chi connectivity index (χ1) is 6.85. The Morgan fingerprint density at radius 2 is 1.67 bits per heavy atom. The van der Waals surface area contributed by atoms with Crippen molar-refractivity contribution in [3.05, 3.63) is 29.8 Å². The van der Waals surface area contributed by atoms with Crippen molar-refractivity contribution in [2.75, 3.05) is 5.73 Å². The fourth-order valence-corrected chi connectivity index (χ4v) is 0.711. The molecular weight excluding hydrogens is 190 g/mol. The van der Waals surface area contributed by atoms with Crippen molar-refractivity contribution in [2.45, 2.75) is 33.3 Å². The van der Waals surface area contributed by atoms with E-state index in [-0.39, 0.29) is 5.60 Å². The second-order valence-electron chi connectivity index (χ2n) is 4.24. The topological polar surface area (TPSA) is 52.3 Å². The normalized spacial score (nSPS) is 9.87. The maximum Gasteiger partial charge on any atom is 0.293 e. The van der Waals surface area contributed by atoms with Gasteiger partial charge in [0.15, 0.2) is 0 Å². The lowest BCUT2D eigenvalue weighted by Crippen LogP contribution is -2.17. The van der Waals surface area contributed by atoms with E-state index in [0.717, 1.165) is 5.69 Å². The molecule has 0 aliphatic rings. The number of rotatable bonds is 1. The van der Waals surface area contributed by atoms with Crippen LogP contribution in [0.2, 0.25) is 0 Å². The number of nitrogen functional groups attached to an aromatic ring is 1. The number of hydrogen-bond donors (Lipinski definition) is 1. The summed E-state index contributed by atoms with van der Waals surface area (Å²) in [5.41, 5.74) is 7.19. The van der Waals surface area contributed by atoms with Crippen molar-refractivity contribution >= 4 is 12.2 Å². The van der Waals surface area contributed by atoms with Gasteiger partial charge in [-0.05, 0) is 39.8 Å². The standard InChI is InChI=1S/C7H9N.C5H10O2/c1-6-2-4-7(8)5-3-6;1-5(2,3)7-4-6/h2-5H,8H2,1H3;4H,1-3H3. The highest BCUT2D eigenvalue weighted by Crippen LogP contribution is 2.03. The summed E-state index contributed by atoms with van der Waals surface area (Å²) in [7, 11) is 0. The maximum atomic E-state index is 9.60. The van der Waals surface area contributed by atoms with Gasteiger partial charge in [-0.2, -0.15) is 0 Å². The first-order valence-electron chi connectivity index (χ1n) is 4.79. The molecule has 0 fully saturated rings. The molecule has 0 aromatic heterocycles. The summed E-state index contributed by atoms with van der Waals surface area (Å²) in [6.45, 7) is 7.96. The van der Waals surface area contributed by atoms with Crippen LogP contribution in [-0.2, 0) is 9.53 Å². The highest BCUT2D eigenvalue weighted by Gasteiger charge is 2.07. The van der Waals surface area contributed by atoms with Gasteiger partial charge in [0, 0.05) is 5.69 Å². The molecule has 0 amide bonds. The van der Waals surface area contributed by atoms with E-state index in [4.69, 9.17) is 5.73 Å². The van der Waals surface area contributed by atoms with Crippen molar-refractivity contribution in [1.82, 2.24) is 0 Å². The summed E-state index contributed by atoms with van der Waals surface area (Å²) < 4.78 is 4.55. The molecule has 0 saturated heterocycles.